The number of hydrogen-bond donors (Lipinski definition) is 1. The Kier molecular flexibility index (Phi) is 10.5. The molecule has 0 saturated heterocycles. The SMILES string of the molecule is CCNC(=O)C(CC)N(Cc1cccc(C)c1)C(=O)CN(c1ccc(OCc2ccccc2)cc1)S(C)(=O)=O. The molecule has 0 radical (unpaired) electrons. The number of nitrogens with zero attached hydrogens (tertiary/aromatic N) is 2. The maximum Gasteiger partial charge on any atom is 0.244 e. The molecule has 0 spiro atoms. The number of carbonyl (C=O) groups excluding carboxylic acids is 2. The number of nitrogens with one attached hydrogen (secondary N) is 1. The molecular formula is C30H37N3O5S. The molecule has 1 N–H and O–H groups in total. The average molecular weight is 552 g/mol. The summed E-state index contributed by atoms with van der Waals surface area (Å²) >= 11 is 0. The van der Waals surface area contributed by atoms with E-state index in [1.165, 1.54) is 4.90 Å². The number of anilines is 1. The van der Waals surface area contributed by atoms with Crippen LogP contribution < -0.4 is 14.4 Å². The number of hydrogen-bond acceptors (Lipinski definition) is 5. The van der Waals surface area contributed by atoms with Crippen LogP contribution in [0.1, 0.15) is 37.0 Å². The van der Waals surface area contributed by atoms with Crippen molar-refractivity contribution in [1.82, 2.24) is 10.2 Å². The van der Waals surface area contributed by atoms with Gasteiger partial charge in [-0.05, 0) is 55.7 Å². The molecule has 1 atom stereocenters. The molecule has 0 saturated carbocycles. The fourth-order valence-corrected chi connectivity index (χ4v) is 5.13. The number of likely N-dealkylation sites (N-methyl/N-ethyl adjacent to an activating group) is 1. The minimum atomic E-state index is -3.81. The molecular weight excluding hydrogens is 514 g/mol. The first-order valence-electron chi connectivity index (χ1n) is 13.0. The number of benzene rings is 3. The molecule has 0 aliphatic heterocycles. The van der Waals surface area contributed by atoms with E-state index in [4.69, 9.17) is 4.74 Å². The Balaban J connectivity index is 1.84. The van der Waals surface area contributed by atoms with E-state index in [9.17, 15) is 18.0 Å². The fourth-order valence-electron chi connectivity index (χ4n) is 4.28. The zero-order chi connectivity index (χ0) is 28.4. The third-order valence-electron chi connectivity index (χ3n) is 6.22. The topological polar surface area (TPSA) is 96.0 Å². The maximum atomic E-state index is 13.7. The number of carbonyl (C=O) groups is 2. The smallest absolute Gasteiger partial charge is 0.244 e. The highest BCUT2D eigenvalue weighted by atomic mass is 32.2. The zero-order valence-corrected chi connectivity index (χ0v) is 23.8. The lowest BCUT2D eigenvalue weighted by Gasteiger charge is -2.32. The van der Waals surface area contributed by atoms with Crippen LogP contribution in [0.2, 0.25) is 0 Å². The van der Waals surface area contributed by atoms with E-state index in [-0.39, 0.29) is 12.5 Å². The van der Waals surface area contributed by atoms with Gasteiger partial charge in [0, 0.05) is 13.1 Å². The van der Waals surface area contributed by atoms with E-state index in [0.29, 0.717) is 31.0 Å². The molecule has 0 heterocycles. The first kappa shape index (κ1) is 29.7. The van der Waals surface area contributed by atoms with Crippen molar-refractivity contribution in [3.8, 4) is 5.75 Å². The lowest BCUT2D eigenvalue weighted by molar-refractivity contribution is -0.140. The van der Waals surface area contributed by atoms with Crippen molar-refractivity contribution < 1.29 is 22.7 Å². The predicted molar refractivity (Wildman–Crippen MR) is 154 cm³/mol. The van der Waals surface area contributed by atoms with Crippen molar-refractivity contribution in [2.24, 2.45) is 0 Å². The molecule has 8 nitrogen and oxygen atoms in total. The Bertz CT molecular complexity index is 1340. The van der Waals surface area contributed by atoms with Gasteiger partial charge in [-0.1, -0.05) is 67.1 Å². The second kappa shape index (κ2) is 13.8. The van der Waals surface area contributed by atoms with Crippen molar-refractivity contribution in [3.63, 3.8) is 0 Å². The highest BCUT2D eigenvalue weighted by Gasteiger charge is 2.31. The number of rotatable bonds is 13. The first-order valence-corrected chi connectivity index (χ1v) is 14.8. The van der Waals surface area contributed by atoms with Crippen molar-refractivity contribution in [1.29, 1.82) is 0 Å². The summed E-state index contributed by atoms with van der Waals surface area (Å²) in [5, 5.41) is 2.80. The van der Waals surface area contributed by atoms with Gasteiger partial charge in [0.05, 0.1) is 11.9 Å². The van der Waals surface area contributed by atoms with Crippen LogP contribution in [-0.4, -0.2) is 50.5 Å². The molecule has 0 aliphatic rings. The lowest BCUT2D eigenvalue weighted by Crippen LogP contribution is -2.52. The van der Waals surface area contributed by atoms with Gasteiger partial charge in [-0.15, -0.1) is 0 Å². The summed E-state index contributed by atoms with van der Waals surface area (Å²) in [7, 11) is -3.81. The van der Waals surface area contributed by atoms with Crippen molar-refractivity contribution in [2.75, 3.05) is 23.7 Å². The van der Waals surface area contributed by atoms with Crippen LogP contribution in [-0.2, 0) is 32.8 Å². The van der Waals surface area contributed by atoms with E-state index in [1.807, 2.05) is 75.4 Å². The largest absolute Gasteiger partial charge is 0.489 e. The van der Waals surface area contributed by atoms with Gasteiger partial charge in [0.2, 0.25) is 21.8 Å². The van der Waals surface area contributed by atoms with E-state index in [0.717, 1.165) is 27.3 Å². The first-order chi connectivity index (χ1) is 18.6. The molecule has 2 amide bonds. The molecule has 0 aliphatic carbocycles. The van der Waals surface area contributed by atoms with Gasteiger partial charge in [0.15, 0.2) is 0 Å². The summed E-state index contributed by atoms with van der Waals surface area (Å²) in [6.07, 6.45) is 1.45. The third-order valence-corrected chi connectivity index (χ3v) is 7.37. The van der Waals surface area contributed by atoms with Gasteiger partial charge in [0.1, 0.15) is 24.9 Å². The van der Waals surface area contributed by atoms with Crippen molar-refractivity contribution >= 4 is 27.5 Å². The lowest BCUT2D eigenvalue weighted by atomic mass is 10.1. The quantitative estimate of drug-likeness (QED) is 0.342. The monoisotopic (exact) mass is 551 g/mol. The van der Waals surface area contributed by atoms with Crippen molar-refractivity contribution in [3.05, 3.63) is 95.6 Å². The second-order valence-electron chi connectivity index (χ2n) is 9.37. The standard InChI is InChI=1S/C30H37N3O5S/c1-5-28(30(35)31-6-2)32(20-25-14-10-11-23(3)19-25)29(34)21-33(39(4,36)37)26-15-17-27(18-16-26)38-22-24-12-8-7-9-13-24/h7-19,28H,5-6,20-22H2,1-4H3,(H,31,35). The van der Waals surface area contributed by atoms with Crippen LogP contribution in [0.4, 0.5) is 5.69 Å². The summed E-state index contributed by atoms with van der Waals surface area (Å²) < 4.78 is 32.5. The van der Waals surface area contributed by atoms with Crippen LogP contribution in [0.3, 0.4) is 0 Å². The molecule has 39 heavy (non-hydrogen) atoms. The number of aryl methyl sites for hydroxylation is 1. The second-order valence-corrected chi connectivity index (χ2v) is 11.3. The summed E-state index contributed by atoms with van der Waals surface area (Å²) in [4.78, 5) is 28.1. The minimum absolute atomic E-state index is 0.181. The molecule has 1 unspecified atom stereocenters. The Morgan fingerprint density at radius 3 is 2.18 bits per heavy atom. The third kappa shape index (κ3) is 8.58. The average Bonchev–Trinajstić information content (AvgIpc) is 2.91. The molecule has 9 heteroatoms. The van der Waals surface area contributed by atoms with Gasteiger partial charge < -0.3 is 15.0 Å². The highest BCUT2D eigenvalue weighted by molar-refractivity contribution is 7.92. The van der Waals surface area contributed by atoms with Gasteiger partial charge in [-0.2, -0.15) is 0 Å². The van der Waals surface area contributed by atoms with E-state index in [2.05, 4.69) is 5.32 Å². The Labute approximate surface area is 231 Å². The van der Waals surface area contributed by atoms with Gasteiger partial charge in [-0.25, -0.2) is 8.42 Å². The summed E-state index contributed by atoms with van der Waals surface area (Å²) in [5.41, 5.74) is 3.23. The molecule has 208 valence electrons. The Hall–Kier alpha value is -3.85. The van der Waals surface area contributed by atoms with Crippen LogP contribution in [0, 0.1) is 6.92 Å². The Morgan fingerprint density at radius 2 is 1.59 bits per heavy atom. The summed E-state index contributed by atoms with van der Waals surface area (Å²) in [6.45, 7) is 6.14. The van der Waals surface area contributed by atoms with Crippen LogP contribution in [0.5, 0.6) is 5.75 Å². The number of sulfonamides is 1. The Morgan fingerprint density at radius 1 is 0.923 bits per heavy atom. The van der Waals surface area contributed by atoms with E-state index >= 15 is 0 Å². The molecule has 0 aromatic heterocycles. The fraction of sp³-hybridized carbons (Fsp3) is 0.333. The van der Waals surface area contributed by atoms with Gasteiger partial charge in [0.25, 0.3) is 0 Å². The minimum Gasteiger partial charge on any atom is -0.489 e. The van der Waals surface area contributed by atoms with Crippen LogP contribution in [0.15, 0.2) is 78.9 Å². The van der Waals surface area contributed by atoms with E-state index < -0.39 is 28.5 Å². The molecule has 0 bridgehead atoms. The van der Waals surface area contributed by atoms with E-state index in [1.54, 1.807) is 24.3 Å². The van der Waals surface area contributed by atoms with Crippen LogP contribution >= 0.6 is 0 Å². The number of amides is 2. The maximum absolute atomic E-state index is 13.7. The highest BCUT2D eigenvalue weighted by Crippen LogP contribution is 2.23. The van der Waals surface area contributed by atoms with Crippen molar-refractivity contribution in [2.45, 2.75) is 46.4 Å². The summed E-state index contributed by atoms with van der Waals surface area (Å²) in [6, 6.07) is 23.2. The molecule has 3 rings (SSSR count). The predicted octanol–water partition coefficient (Wildman–Crippen LogP) is 4.28. The number of ether oxygens (including phenoxy) is 1. The molecule has 3 aromatic rings. The summed E-state index contributed by atoms with van der Waals surface area (Å²) in [5.74, 6) is -0.165. The van der Waals surface area contributed by atoms with Gasteiger partial charge in [-0.3, -0.25) is 13.9 Å². The van der Waals surface area contributed by atoms with Crippen LogP contribution in [0.25, 0.3) is 0 Å². The van der Waals surface area contributed by atoms with Gasteiger partial charge >= 0.3 is 0 Å². The molecule has 3 aromatic carbocycles. The zero-order valence-electron chi connectivity index (χ0n) is 23.0. The molecule has 0 fully saturated rings. The normalized spacial score (nSPS) is 11.9.